The summed E-state index contributed by atoms with van der Waals surface area (Å²) >= 11 is 8.46. The van der Waals surface area contributed by atoms with Gasteiger partial charge in [0.25, 0.3) is 0 Å². The highest BCUT2D eigenvalue weighted by atomic mass is 79.9. The summed E-state index contributed by atoms with van der Waals surface area (Å²) in [7, 11) is 0. The van der Waals surface area contributed by atoms with Crippen LogP contribution in [0.4, 0.5) is 10.1 Å². The van der Waals surface area contributed by atoms with Crippen molar-refractivity contribution in [3.63, 3.8) is 0 Å². The van der Waals surface area contributed by atoms with E-state index in [1.54, 1.807) is 0 Å². The van der Waals surface area contributed by atoms with E-state index in [1.807, 2.05) is 0 Å². The molecule has 1 amide bonds. The second kappa shape index (κ2) is 4.80. The highest BCUT2D eigenvalue weighted by Crippen LogP contribution is 2.33. The lowest BCUT2D eigenvalue weighted by molar-refractivity contribution is -0.114. The Morgan fingerprint density at radius 2 is 2.12 bits per heavy atom. The van der Waals surface area contributed by atoms with Crippen molar-refractivity contribution in [2.75, 3.05) is 5.32 Å². The minimum atomic E-state index is -1.38. The number of aromatic carboxylic acids is 1. The molecule has 1 rings (SSSR count). The van der Waals surface area contributed by atoms with Gasteiger partial charge in [0.15, 0.2) is 5.82 Å². The molecule has 0 aliphatic carbocycles. The van der Waals surface area contributed by atoms with Crippen LogP contribution in [0, 0.1) is 5.82 Å². The predicted octanol–water partition coefficient (Wildman–Crippen LogP) is 2.90. The van der Waals surface area contributed by atoms with Crippen molar-refractivity contribution < 1.29 is 19.1 Å². The zero-order valence-electron chi connectivity index (χ0n) is 7.97. The number of carbonyl (C=O) groups excluding carboxylic acids is 1. The number of hydrogen-bond acceptors (Lipinski definition) is 2. The van der Waals surface area contributed by atoms with E-state index >= 15 is 0 Å². The van der Waals surface area contributed by atoms with Crippen LogP contribution in [0.25, 0.3) is 0 Å². The molecule has 86 valence electrons. The fourth-order valence-corrected chi connectivity index (χ4v) is 1.57. The molecule has 0 unspecified atom stereocenters. The Hall–Kier alpha value is -1.14. The number of carboxylic acids is 1. The molecule has 1 aromatic rings. The third-order valence-electron chi connectivity index (χ3n) is 1.69. The van der Waals surface area contributed by atoms with Gasteiger partial charge in [-0.3, -0.25) is 4.79 Å². The second-order valence-corrected chi connectivity index (χ2v) is 4.10. The number of carbonyl (C=O) groups is 2. The first kappa shape index (κ1) is 12.9. The summed E-state index contributed by atoms with van der Waals surface area (Å²) in [6.45, 7) is 1.15. The maximum Gasteiger partial charge on any atom is 0.337 e. The quantitative estimate of drug-likeness (QED) is 0.825. The molecule has 0 aromatic heterocycles. The molecule has 0 bridgehead atoms. The molecule has 0 aliphatic rings. The van der Waals surface area contributed by atoms with Gasteiger partial charge in [-0.15, -0.1) is 0 Å². The Morgan fingerprint density at radius 3 is 2.56 bits per heavy atom. The lowest BCUT2D eigenvalue weighted by Crippen LogP contribution is -2.13. The van der Waals surface area contributed by atoms with Crippen molar-refractivity contribution in [3.8, 4) is 0 Å². The van der Waals surface area contributed by atoms with Gasteiger partial charge in [0.2, 0.25) is 5.91 Å². The maximum absolute atomic E-state index is 13.6. The fourth-order valence-electron chi connectivity index (χ4n) is 1.06. The van der Waals surface area contributed by atoms with Crippen LogP contribution in [0.2, 0.25) is 5.02 Å². The van der Waals surface area contributed by atoms with Crippen molar-refractivity contribution in [3.05, 3.63) is 26.9 Å². The zero-order chi connectivity index (χ0) is 12.5. The molecule has 16 heavy (non-hydrogen) atoms. The molecule has 0 atom stereocenters. The highest BCUT2D eigenvalue weighted by molar-refractivity contribution is 9.10. The smallest absolute Gasteiger partial charge is 0.337 e. The number of carboxylic acid groups (broad SMARTS) is 1. The van der Waals surface area contributed by atoms with Crippen LogP contribution in [-0.2, 0) is 4.79 Å². The molecule has 7 heteroatoms. The average molecular weight is 311 g/mol. The molecule has 0 radical (unpaired) electrons. The molecule has 4 nitrogen and oxygen atoms in total. The molecule has 0 saturated carbocycles. The fraction of sp³-hybridized carbons (Fsp3) is 0.111. The van der Waals surface area contributed by atoms with Gasteiger partial charge in [0, 0.05) is 6.92 Å². The Labute approximate surface area is 104 Å². The van der Waals surface area contributed by atoms with E-state index in [4.69, 9.17) is 16.7 Å². The Morgan fingerprint density at radius 1 is 1.56 bits per heavy atom. The number of amides is 1. The first-order valence-corrected chi connectivity index (χ1v) is 5.20. The maximum atomic E-state index is 13.6. The number of hydrogen-bond donors (Lipinski definition) is 2. The van der Waals surface area contributed by atoms with Crippen molar-refractivity contribution in [1.29, 1.82) is 0 Å². The summed E-state index contributed by atoms with van der Waals surface area (Å²) in [4.78, 5) is 21.6. The van der Waals surface area contributed by atoms with E-state index in [0.29, 0.717) is 0 Å². The first-order chi connectivity index (χ1) is 7.34. The van der Waals surface area contributed by atoms with Crippen LogP contribution in [-0.4, -0.2) is 17.0 Å². The standard InChI is InChI=1S/C9H6BrClFNO3/c1-3(14)13-8-4(9(15)16)2-5(11)6(10)7(8)12/h2H,1H3,(H,13,14)(H,15,16). The minimum absolute atomic E-state index is 0.0796. The van der Waals surface area contributed by atoms with Crippen LogP contribution in [0.5, 0.6) is 0 Å². The van der Waals surface area contributed by atoms with E-state index in [1.165, 1.54) is 0 Å². The van der Waals surface area contributed by atoms with E-state index in [2.05, 4.69) is 21.2 Å². The van der Waals surface area contributed by atoms with Crippen LogP contribution in [0.15, 0.2) is 10.5 Å². The summed E-state index contributed by atoms with van der Waals surface area (Å²) in [5.74, 6) is -2.87. The molecule has 0 saturated heterocycles. The highest BCUT2D eigenvalue weighted by Gasteiger charge is 2.20. The average Bonchev–Trinajstić information content (AvgIpc) is 2.17. The van der Waals surface area contributed by atoms with Gasteiger partial charge in [-0.25, -0.2) is 9.18 Å². The van der Waals surface area contributed by atoms with Gasteiger partial charge >= 0.3 is 5.97 Å². The lowest BCUT2D eigenvalue weighted by Gasteiger charge is -2.10. The van der Waals surface area contributed by atoms with Gasteiger partial charge < -0.3 is 10.4 Å². The number of anilines is 1. The number of nitrogens with one attached hydrogen (secondary N) is 1. The Kier molecular flexibility index (Phi) is 3.88. The summed E-state index contributed by atoms with van der Waals surface area (Å²) in [6.07, 6.45) is 0. The molecule has 0 aliphatic heterocycles. The van der Waals surface area contributed by atoms with E-state index in [0.717, 1.165) is 13.0 Å². The number of rotatable bonds is 2. The molecule has 0 spiro atoms. The van der Waals surface area contributed by atoms with E-state index in [9.17, 15) is 14.0 Å². The number of halogens is 3. The summed E-state index contributed by atoms with van der Waals surface area (Å²) in [6, 6.07) is 1.06. The van der Waals surface area contributed by atoms with Crippen LogP contribution >= 0.6 is 27.5 Å². The van der Waals surface area contributed by atoms with E-state index in [-0.39, 0.29) is 9.50 Å². The van der Waals surface area contributed by atoms with Crippen LogP contribution in [0.1, 0.15) is 17.3 Å². The Balaban J connectivity index is 3.47. The third kappa shape index (κ3) is 2.51. The van der Waals surface area contributed by atoms with Gasteiger partial charge in [-0.05, 0) is 22.0 Å². The first-order valence-electron chi connectivity index (χ1n) is 4.03. The van der Waals surface area contributed by atoms with Crippen molar-refractivity contribution >= 4 is 45.1 Å². The second-order valence-electron chi connectivity index (χ2n) is 2.90. The molecule has 0 heterocycles. The Bertz CT molecular complexity index is 478. The van der Waals surface area contributed by atoms with Crippen molar-refractivity contribution in [1.82, 2.24) is 0 Å². The molecule has 1 aromatic carbocycles. The van der Waals surface area contributed by atoms with Crippen molar-refractivity contribution in [2.24, 2.45) is 0 Å². The van der Waals surface area contributed by atoms with Crippen molar-refractivity contribution in [2.45, 2.75) is 6.92 Å². The summed E-state index contributed by atoms with van der Waals surface area (Å²) < 4.78 is 13.5. The van der Waals surface area contributed by atoms with Gasteiger partial charge in [0.05, 0.1) is 20.7 Å². The SMILES string of the molecule is CC(=O)Nc1c(C(=O)O)cc(Cl)c(Br)c1F. The summed E-state index contributed by atoms with van der Waals surface area (Å²) in [5.41, 5.74) is -0.808. The predicted molar refractivity (Wildman–Crippen MR) is 60.4 cm³/mol. The third-order valence-corrected chi connectivity index (χ3v) is 3.00. The topological polar surface area (TPSA) is 66.4 Å². The van der Waals surface area contributed by atoms with Crippen LogP contribution in [0.3, 0.4) is 0 Å². The minimum Gasteiger partial charge on any atom is -0.478 e. The molecular formula is C9H6BrClFNO3. The summed E-state index contributed by atoms with van der Waals surface area (Å²) in [5, 5.41) is 10.9. The molecular weight excluding hydrogens is 304 g/mol. The zero-order valence-corrected chi connectivity index (χ0v) is 10.3. The van der Waals surface area contributed by atoms with Gasteiger partial charge in [0.1, 0.15) is 0 Å². The largest absolute Gasteiger partial charge is 0.478 e. The van der Waals surface area contributed by atoms with Gasteiger partial charge in [-0.1, -0.05) is 11.6 Å². The number of benzene rings is 1. The van der Waals surface area contributed by atoms with Gasteiger partial charge in [-0.2, -0.15) is 0 Å². The monoisotopic (exact) mass is 309 g/mol. The normalized spacial score (nSPS) is 10.0. The van der Waals surface area contributed by atoms with E-state index < -0.39 is 28.9 Å². The molecule has 2 N–H and O–H groups in total. The van der Waals surface area contributed by atoms with Crippen LogP contribution < -0.4 is 5.32 Å². The molecule has 0 fully saturated rings. The lowest BCUT2D eigenvalue weighted by atomic mass is 10.1.